The lowest BCUT2D eigenvalue weighted by Crippen LogP contribution is -2.06. The summed E-state index contributed by atoms with van der Waals surface area (Å²) in [6.07, 6.45) is 1.15. The van der Waals surface area contributed by atoms with Crippen LogP contribution in [0.1, 0.15) is 27.2 Å². The molecule has 0 aliphatic carbocycles. The minimum atomic E-state index is -0.750. The molecule has 0 bridgehead atoms. The molecule has 0 unspecified atom stereocenters. The van der Waals surface area contributed by atoms with Crippen LogP contribution >= 0.6 is 21.6 Å². The average molecular weight is 239 g/mol. The van der Waals surface area contributed by atoms with E-state index in [9.17, 15) is 10.1 Å². The number of rotatable bonds is 7. The highest BCUT2D eigenvalue weighted by atomic mass is 33.1. The van der Waals surface area contributed by atoms with Gasteiger partial charge in [0, 0.05) is 11.5 Å². The molecular weight excluding hydrogens is 222 g/mol. The number of nitrogens with zero attached hydrogens (tertiary/aromatic N) is 1. The maximum atomic E-state index is 9.79. The van der Waals surface area contributed by atoms with Gasteiger partial charge in [-0.1, -0.05) is 42.4 Å². The highest BCUT2D eigenvalue weighted by Gasteiger charge is 2.09. The molecule has 6 heteroatoms. The molecule has 84 valence electrons. The van der Waals surface area contributed by atoms with Crippen molar-refractivity contribution in [2.75, 3.05) is 18.1 Å². The maximum absolute atomic E-state index is 9.79. The first-order valence-electron chi connectivity index (χ1n) is 4.43. The molecule has 0 aromatic carbocycles. The fourth-order valence-electron chi connectivity index (χ4n) is 0.612. The Bertz CT molecular complexity index is 170. The number of hydrogen-bond donors (Lipinski definition) is 0. The SMILES string of the molecule is CC(C)(C)CCSSCCO[N+](=O)[O-]. The van der Waals surface area contributed by atoms with Crippen LogP contribution in [-0.4, -0.2) is 23.2 Å². The van der Waals surface area contributed by atoms with Crippen molar-refractivity contribution in [2.24, 2.45) is 5.41 Å². The molecular formula is C8H17NO3S2. The molecule has 14 heavy (non-hydrogen) atoms. The van der Waals surface area contributed by atoms with Crippen LogP contribution in [0, 0.1) is 15.5 Å². The monoisotopic (exact) mass is 239 g/mol. The lowest BCUT2D eigenvalue weighted by molar-refractivity contribution is -0.756. The van der Waals surface area contributed by atoms with Gasteiger partial charge in [0.05, 0.1) is 0 Å². The quantitative estimate of drug-likeness (QED) is 0.296. The molecule has 0 fully saturated rings. The summed E-state index contributed by atoms with van der Waals surface area (Å²) in [5.74, 6) is 1.74. The summed E-state index contributed by atoms with van der Waals surface area (Å²) in [6, 6.07) is 0. The van der Waals surface area contributed by atoms with Crippen molar-refractivity contribution in [3.8, 4) is 0 Å². The Morgan fingerprint density at radius 3 is 2.36 bits per heavy atom. The lowest BCUT2D eigenvalue weighted by atomic mass is 9.94. The smallest absolute Gasteiger partial charge is 0.294 e. The highest BCUT2D eigenvalue weighted by molar-refractivity contribution is 8.76. The summed E-state index contributed by atoms with van der Waals surface area (Å²) in [5, 5.41) is 9.04. The van der Waals surface area contributed by atoms with Gasteiger partial charge in [-0.05, 0) is 11.8 Å². The van der Waals surface area contributed by atoms with Crippen molar-refractivity contribution in [1.29, 1.82) is 0 Å². The Balaban J connectivity index is 3.11. The van der Waals surface area contributed by atoms with Gasteiger partial charge in [0.25, 0.3) is 5.09 Å². The van der Waals surface area contributed by atoms with Crippen LogP contribution < -0.4 is 0 Å². The van der Waals surface area contributed by atoms with Crippen LogP contribution in [0.25, 0.3) is 0 Å². The van der Waals surface area contributed by atoms with E-state index in [1.54, 1.807) is 21.6 Å². The van der Waals surface area contributed by atoms with Gasteiger partial charge in [0.2, 0.25) is 0 Å². The van der Waals surface area contributed by atoms with Gasteiger partial charge in [-0.3, -0.25) is 0 Å². The molecule has 0 aromatic rings. The Morgan fingerprint density at radius 1 is 1.29 bits per heavy atom. The Morgan fingerprint density at radius 2 is 1.86 bits per heavy atom. The zero-order chi connectivity index (χ0) is 11.0. The van der Waals surface area contributed by atoms with Crippen molar-refractivity contribution >= 4 is 21.6 Å². The maximum Gasteiger partial charge on any atom is 0.294 e. The standard InChI is InChI=1S/C8H17NO3S2/c1-8(2,3)4-6-13-14-7-5-12-9(10)11/h4-7H2,1-3H3. The Labute approximate surface area is 92.7 Å². The molecule has 0 aliphatic rings. The summed E-state index contributed by atoms with van der Waals surface area (Å²) in [5.41, 5.74) is 0.366. The molecule has 0 aromatic heterocycles. The van der Waals surface area contributed by atoms with Crippen molar-refractivity contribution in [3.05, 3.63) is 10.1 Å². The fourth-order valence-corrected chi connectivity index (χ4v) is 2.85. The second kappa shape index (κ2) is 7.23. The molecule has 0 aliphatic heterocycles. The van der Waals surface area contributed by atoms with E-state index in [0.717, 1.165) is 12.2 Å². The summed E-state index contributed by atoms with van der Waals surface area (Å²) >= 11 is 0. The fraction of sp³-hybridized carbons (Fsp3) is 1.00. The van der Waals surface area contributed by atoms with Crippen LogP contribution in [-0.2, 0) is 4.84 Å². The van der Waals surface area contributed by atoms with E-state index < -0.39 is 5.09 Å². The summed E-state index contributed by atoms with van der Waals surface area (Å²) in [7, 11) is 3.37. The third-order valence-corrected chi connectivity index (χ3v) is 3.75. The average Bonchev–Trinajstić information content (AvgIpc) is 2.00. The molecule has 0 saturated heterocycles. The van der Waals surface area contributed by atoms with Crippen molar-refractivity contribution in [3.63, 3.8) is 0 Å². The topological polar surface area (TPSA) is 52.4 Å². The Kier molecular flexibility index (Phi) is 7.17. The predicted molar refractivity (Wildman–Crippen MR) is 61.9 cm³/mol. The molecule has 0 radical (unpaired) electrons. The molecule has 0 heterocycles. The first kappa shape index (κ1) is 13.9. The van der Waals surface area contributed by atoms with E-state index in [2.05, 4.69) is 25.6 Å². The van der Waals surface area contributed by atoms with E-state index in [4.69, 9.17) is 0 Å². The van der Waals surface area contributed by atoms with Gasteiger partial charge in [0.1, 0.15) is 6.61 Å². The van der Waals surface area contributed by atoms with E-state index >= 15 is 0 Å². The van der Waals surface area contributed by atoms with Crippen LogP contribution in [0.4, 0.5) is 0 Å². The van der Waals surface area contributed by atoms with Gasteiger partial charge in [-0.15, -0.1) is 10.1 Å². The zero-order valence-electron chi connectivity index (χ0n) is 8.82. The van der Waals surface area contributed by atoms with Crippen LogP contribution in [0.5, 0.6) is 0 Å². The van der Waals surface area contributed by atoms with Crippen LogP contribution in [0.3, 0.4) is 0 Å². The van der Waals surface area contributed by atoms with Crippen LogP contribution in [0.15, 0.2) is 0 Å². The summed E-state index contributed by atoms with van der Waals surface area (Å²) < 4.78 is 0. The van der Waals surface area contributed by atoms with Gasteiger partial charge >= 0.3 is 0 Å². The second-order valence-corrected chi connectivity index (χ2v) is 6.71. The minimum absolute atomic E-state index is 0.181. The van der Waals surface area contributed by atoms with E-state index in [1.165, 1.54) is 0 Å². The lowest BCUT2D eigenvalue weighted by Gasteiger charge is -2.16. The van der Waals surface area contributed by atoms with Gasteiger partial charge in [0.15, 0.2) is 0 Å². The molecule has 0 atom stereocenters. The van der Waals surface area contributed by atoms with Gasteiger partial charge in [-0.25, -0.2) is 0 Å². The molecule has 0 spiro atoms. The van der Waals surface area contributed by atoms with E-state index in [-0.39, 0.29) is 6.61 Å². The molecule has 0 amide bonds. The molecule has 0 saturated carbocycles. The number of hydrogen-bond acceptors (Lipinski definition) is 5. The molecule has 0 N–H and O–H groups in total. The van der Waals surface area contributed by atoms with E-state index in [1.807, 2.05) is 0 Å². The predicted octanol–water partition coefficient (Wildman–Crippen LogP) is 3.01. The van der Waals surface area contributed by atoms with Crippen molar-refractivity contribution < 1.29 is 9.92 Å². The van der Waals surface area contributed by atoms with Crippen molar-refractivity contribution in [2.45, 2.75) is 27.2 Å². The second-order valence-electron chi connectivity index (χ2n) is 4.01. The zero-order valence-corrected chi connectivity index (χ0v) is 10.4. The Hall–Kier alpha value is -0.100. The third-order valence-electron chi connectivity index (χ3n) is 1.38. The van der Waals surface area contributed by atoms with Gasteiger partial charge in [-0.2, -0.15) is 0 Å². The summed E-state index contributed by atoms with van der Waals surface area (Å²) in [4.78, 5) is 14.0. The van der Waals surface area contributed by atoms with Crippen LogP contribution in [0.2, 0.25) is 0 Å². The summed E-state index contributed by atoms with van der Waals surface area (Å²) in [6.45, 7) is 6.79. The third kappa shape index (κ3) is 11.9. The largest absolute Gasteiger partial charge is 0.313 e. The normalized spacial score (nSPS) is 11.4. The van der Waals surface area contributed by atoms with Crippen molar-refractivity contribution in [1.82, 2.24) is 0 Å². The first-order valence-corrected chi connectivity index (χ1v) is 6.92. The molecule has 4 nitrogen and oxygen atoms in total. The van der Waals surface area contributed by atoms with Gasteiger partial charge < -0.3 is 4.84 Å². The highest BCUT2D eigenvalue weighted by Crippen LogP contribution is 2.27. The first-order chi connectivity index (χ1) is 6.42. The van der Waals surface area contributed by atoms with E-state index in [0.29, 0.717) is 11.2 Å². The molecule has 0 rings (SSSR count). The minimum Gasteiger partial charge on any atom is -0.313 e.